The summed E-state index contributed by atoms with van der Waals surface area (Å²) in [6.07, 6.45) is 3.77. The van der Waals surface area contributed by atoms with Gasteiger partial charge < -0.3 is 14.3 Å². The van der Waals surface area contributed by atoms with Crippen LogP contribution >= 0.6 is 0 Å². The van der Waals surface area contributed by atoms with Crippen LogP contribution in [0.2, 0.25) is 0 Å². The number of carboxylic acids is 1. The number of hydrogen-bond donors (Lipinski definition) is 1. The molecule has 1 atom stereocenters. The SMILES string of the molecule is CN(Cc1ccc(C(=O)O)o1)CC1CCCCO1. The Bertz CT molecular complexity index is 395. The van der Waals surface area contributed by atoms with Crippen LogP contribution in [0.15, 0.2) is 16.5 Å². The Morgan fingerprint density at radius 1 is 1.50 bits per heavy atom. The number of nitrogens with zero attached hydrogens (tertiary/aromatic N) is 1. The van der Waals surface area contributed by atoms with Gasteiger partial charge in [-0.25, -0.2) is 4.79 Å². The molecule has 1 fully saturated rings. The molecule has 1 aliphatic heterocycles. The highest BCUT2D eigenvalue weighted by atomic mass is 16.5. The van der Waals surface area contributed by atoms with Crippen molar-refractivity contribution in [2.24, 2.45) is 0 Å². The van der Waals surface area contributed by atoms with E-state index >= 15 is 0 Å². The minimum atomic E-state index is -1.03. The number of carbonyl (C=O) groups is 1. The van der Waals surface area contributed by atoms with E-state index in [-0.39, 0.29) is 11.9 Å². The third-order valence-corrected chi connectivity index (χ3v) is 3.09. The predicted octanol–water partition coefficient (Wildman–Crippen LogP) is 1.98. The molecule has 5 nitrogen and oxygen atoms in total. The van der Waals surface area contributed by atoms with Gasteiger partial charge in [-0.15, -0.1) is 0 Å². The molecule has 0 spiro atoms. The van der Waals surface area contributed by atoms with Crippen molar-refractivity contribution in [1.29, 1.82) is 0 Å². The van der Waals surface area contributed by atoms with Crippen molar-refractivity contribution in [3.8, 4) is 0 Å². The molecule has 0 aliphatic carbocycles. The van der Waals surface area contributed by atoms with E-state index in [1.54, 1.807) is 6.07 Å². The number of likely N-dealkylation sites (N-methyl/N-ethyl adjacent to an activating group) is 1. The topological polar surface area (TPSA) is 62.9 Å². The maximum atomic E-state index is 10.7. The van der Waals surface area contributed by atoms with Crippen LogP contribution in [-0.4, -0.2) is 42.3 Å². The lowest BCUT2D eigenvalue weighted by atomic mass is 10.1. The summed E-state index contributed by atoms with van der Waals surface area (Å²) in [5.74, 6) is -0.363. The van der Waals surface area contributed by atoms with Gasteiger partial charge in [0.2, 0.25) is 5.76 Å². The zero-order valence-corrected chi connectivity index (χ0v) is 10.6. The second kappa shape index (κ2) is 6.02. The van der Waals surface area contributed by atoms with E-state index in [2.05, 4.69) is 4.90 Å². The largest absolute Gasteiger partial charge is 0.475 e. The van der Waals surface area contributed by atoms with Crippen LogP contribution in [0.4, 0.5) is 0 Å². The molecule has 1 aliphatic rings. The molecule has 0 aromatic carbocycles. The third-order valence-electron chi connectivity index (χ3n) is 3.09. The quantitative estimate of drug-likeness (QED) is 0.869. The zero-order valence-electron chi connectivity index (χ0n) is 10.6. The Morgan fingerprint density at radius 2 is 2.33 bits per heavy atom. The van der Waals surface area contributed by atoms with Gasteiger partial charge in [0.25, 0.3) is 0 Å². The summed E-state index contributed by atoms with van der Waals surface area (Å²) in [7, 11) is 1.99. The molecule has 100 valence electrons. The Balaban J connectivity index is 1.82. The first kappa shape index (κ1) is 13.1. The summed E-state index contributed by atoms with van der Waals surface area (Å²) in [5, 5.41) is 8.77. The van der Waals surface area contributed by atoms with E-state index in [1.165, 1.54) is 12.5 Å². The molecule has 1 unspecified atom stereocenters. The van der Waals surface area contributed by atoms with Crippen LogP contribution in [0.3, 0.4) is 0 Å². The lowest BCUT2D eigenvalue weighted by Crippen LogP contribution is -2.32. The molecule has 1 aromatic rings. The lowest BCUT2D eigenvalue weighted by molar-refractivity contribution is -0.00346. The first-order valence-corrected chi connectivity index (χ1v) is 6.27. The summed E-state index contributed by atoms with van der Waals surface area (Å²) in [6.45, 7) is 2.30. The molecule has 0 radical (unpaired) electrons. The standard InChI is InChI=1S/C13H19NO4/c1-14(8-10-4-2-3-7-17-10)9-11-5-6-12(18-11)13(15)16/h5-6,10H,2-4,7-9H2,1H3,(H,15,16). The monoisotopic (exact) mass is 253 g/mol. The number of hydrogen-bond acceptors (Lipinski definition) is 4. The molecule has 1 N–H and O–H groups in total. The maximum Gasteiger partial charge on any atom is 0.371 e. The van der Waals surface area contributed by atoms with Crippen LogP contribution in [0.1, 0.15) is 35.6 Å². The van der Waals surface area contributed by atoms with Gasteiger partial charge in [0.05, 0.1) is 12.6 Å². The molecule has 2 heterocycles. The van der Waals surface area contributed by atoms with Crippen LogP contribution in [0, 0.1) is 0 Å². The highest BCUT2D eigenvalue weighted by Crippen LogP contribution is 2.15. The fraction of sp³-hybridized carbons (Fsp3) is 0.615. The number of carboxylic acid groups (broad SMARTS) is 1. The normalized spacial score (nSPS) is 20.2. The fourth-order valence-corrected chi connectivity index (χ4v) is 2.21. The maximum absolute atomic E-state index is 10.7. The van der Waals surface area contributed by atoms with Crippen molar-refractivity contribution in [2.75, 3.05) is 20.2 Å². The van der Waals surface area contributed by atoms with Gasteiger partial charge in [-0.05, 0) is 38.4 Å². The molecular formula is C13H19NO4. The fourth-order valence-electron chi connectivity index (χ4n) is 2.21. The second-order valence-electron chi connectivity index (χ2n) is 4.76. The summed E-state index contributed by atoms with van der Waals surface area (Å²) >= 11 is 0. The minimum Gasteiger partial charge on any atom is -0.475 e. The number of ether oxygens (including phenoxy) is 1. The molecule has 1 saturated heterocycles. The zero-order chi connectivity index (χ0) is 13.0. The van der Waals surface area contributed by atoms with Crippen molar-refractivity contribution in [1.82, 2.24) is 4.90 Å². The average Bonchev–Trinajstić information content (AvgIpc) is 2.78. The molecule has 2 rings (SSSR count). The molecule has 5 heteroatoms. The highest BCUT2D eigenvalue weighted by molar-refractivity contribution is 5.84. The first-order chi connectivity index (χ1) is 8.65. The number of rotatable bonds is 5. The molecule has 0 saturated carbocycles. The van der Waals surface area contributed by atoms with Gasteiger partial charge in [0, 0.05) is 13.2 Å². The average molecular weight is 253 g/mol. The van der Waals surface area contributed by atoms with E-state index in [1.807, 2.05) is 7.05 Å². The van der Waals surface area contributed by atoms with E-state index in [4.69, 9.17) is 14.3 Å². The minimum absolute atomic E-state index is 0.00711. The first-order valence-electron chi connectivity index (χ1n) is 6.27. The van der Waals surface area contributed by atoms with Crippen molar-refractivity contribution >= 4 is 5.97 Å². The van der Waals surface area contributed by atoms with Gasteiger partial charge in [-0.2, -0.15) is 0 Å². The predicted molar refractivity (Wildman–Crippen MR) is 65.6 cm³/mol. The van der Waals surface area contributed by atoms with Gasteiger partial charge in [0.1, 0.15) is 5.76 Å². The van der Waals surface area contributed by atoms with Gasteiger partial charge >= 0.3 is 5.97 Å². The Kier molecular flexibility index (Phi) is 4.38. The van der Waals surface area contributed by atoms with E-state index in [0.29, 0.717) is 12.3 Å². The molecule has 0 amide bonds. The Hall–Kier alpha value is -1.33. The van der Waals surface area contributed by atoms with Crippen molar-refractivity contribution < 1.29 is 19.1 Å². The van der Waals surface area contributed by atoms with Crippen LogP contribution in [-0.2, 0) is 11.3 Å². The highest BCUT2D eigenvalue weighted by Gasteiger charge is 2.17. The lowest BCUT2D eigenvalue weighted by Gasteiger charge is -2.26. The summed E-state index contributed by atoms with van der Waals surface area (Å²) in [6, 6.07) is 3.20. The van der Waals surface area contributed by atoms with Gasteiger partial charge in [-0.1, -0.05) is 0 Å². The summed E-state index contributed by atoms with van der Waals surface area (Å²) < 4.78 is 10.9. The smallest absolute Gasteiger partial charge is 0.371 e. The van der Waals surface area contributed by atoms with E-state index in [0.717, 1.165) is 26.0 Å². The van der Waals surface area contributed by atoms with Crippen molar-refractivity contribution in [2.45, 2.75) is 31.9 Å². The van der Waals surface area contributed by atoms with Crippen molar-refractivity contribution in [3.05, 3.63) is 23.7 Å². The summed E-state index contributed by atoms with van der Waals surface area (Å²) in [4.78, 5) is 12.8. The van der Waals surface area contributed by atoms with Crippen LogP contribution in [0.25, 0.3) is 0 Å². The Labute approximate surface area is 106 Å². The second-order valence-corrected chi connectivity index (χ2v) is 4.76. The van der Waals surface area contributed by atoms with Crippen molar-refractivity contribution in [3.63, 3.8) is 0 Å². The number of furan rings is 1. The molecule has 0 bridgehead atoms. The van der Waals surface area contributed by atoms with Gasteiger partial charge in [0.15, 0.2) is 0 Å². The molecular weight excluding hydrogens is 234 g/mol. The Morgan fingerprint density at radius 3 is 2.94 bits per heavy atom. The molecule has 18 heavy (non-hydrogen) atoms. The molecule has 1 aromatic heterocycles. The van der Waals surface area contributed by atoms with Gasteiger partial charge in [-0.3, -0.25) is 4.90 Å². The summed E-state index contributed by atoms with van der Waals surface area (Å²) in [5.41, 5.74) is 0. The third kappa shape index (κ3) is 3.58. The van der Waals surface area contributed by atoms with Crippen LogP contribution in [0.5, 0.6) is 0 Å². The van der Waals surface area contributed by atoms with Crippen LogP contribution < -0.4 is 0 Å². The van der Waals surface area contributed by atoms with E-state index in [9.17, 15) is 4.79 Å². The number of aromatic carboxylic acids is 1. The van der Waals surface area contributed by atoms with E-state index < -0.39 is 5.97 Å².